The predicted octanol–water partition coefficient (Wildman–Crippen LogP) is 1.88. The zero-order chi connectivity index (χ0) is 13.3. The third-order valence-electron chi connectivity index (χ3n) is 3.82. The van der Waals surface area contributed by atoms with Gasteiger partial charge in [-0.05, 0) is 31.4 Å². The van der Waals surface area contributed by atoms with E-state index in [2.05, 4.69) is 10.3 Å². The normalized spacial score (nSPS) is 16.9. The van der Waals surface area contributed by atoms with Crippen LogP contribution in [-0.4, -0.2) is 28.1 Å². The van der Waals surface area contributed by atoms with Crippen LogP contribution in [0.15, 0.2) is 36.4 Å². The van der Waals surface area contributed by atoms with Gasteiger partial charge >= 0.3 is 0 Å². The highest BCUT2D eigenvalue weighted by atomic mass is 16.3. The molecule has 1 amide bonds. The second-order valence-electron chi connectivity index (χ2n) is 5.14. The number of benzene rings is 1. The highest BCUT2D eigenvalue weighted by Crippen LogP contribution is 2.31. The van der Waals surface area contributed by atoms with Crippen molar-refractivity contribution in [1.82, 2.24) is 10.3 Å². The molecule has 0 aliphatic heterocycles. The molecule has 98 valence electrons. The van der Waals surface area contributed by atoms with Crippen LogP contribution in [0.5, 0.6) is 0 Å². The first-order valence-electron chi connectivity index (χ1n) is 6.52. The predicted molar refractivity (Wildman–Crippen MR) is 72.9 cm³/mol. The van der Waals surface area contributed by atoms with Gasteiger partial charge in [0.2, 0.25) is 0 Å². The number of aliphatic hydroxyl groups excluding tert-OH is 1. The van der Waals surface area contributed by atoms with Crippen LogP contribution in [0, 0.1) is 0 Å². The number of aliphatic hydroxyl groups is 1. The van der Waals surface area contributed by atoms with E-state index >= 15 is 0 Å². The summed E-state index contributed by atoms with van der Waals surface area (Å²) in [7, 11) is 0. The van der Waals surface area contributed by atoms with Crippen LogP contribution in [0.4, 0.5) is 0 Å². The van der Waals surface area contributed by atoms with Gasteiger partial charge in [0.15, 0.2) is 0 Å². The molecule has 2 aromatic rings. The molecular weight excluding hydrogens is 240 g/mol. The largest absolute Gasteiger partial charge is 0.394 e. The summed E-state index contributed by atoms with van der Waals surface area (Å²) < 4.78 is 0. The van der Waals surface area contributed by atoms with E-state index in [0.717, 1.165) is 30.2 Å². The SMILES string of the molecule is O=C(NC1(CO)CCC1)c1ccc2ccccc2n1. The summed E-state index contributed by atoms with van der Waals surface area (Å²) in [5, 5.41) is 13.3. The number of nitrogens with zero attached hydrogens (tertiary/aromatic N) is 1. The number of amides is 1. The summed E-state index contributed by atoms with van der Waals surface area (Å²) in [5.41, 5.74) is 0.782. The van der Waals surface area contributed by atoms with Gasteiger partial charge in [0.05, 0.1) is 17.7 Å². The number of carbonyl (C=O) groups excluding carboxylic acids is 1. The number of rotatable bonds is 3. The average Bonchev–Trinajstić information content (AvgIpc) is 2.42. The van der Waals surface area contributed by atoms with Crippen molar-refractivity contribution in [2.45, 2.75) is 24.8 Å². The van der Waals surface area contributed by atoms with Gasteiger partial charge in [-0.15, -0.1) is 0 Å². The van der Waals surface area contributed by atoms with Gasteiger partial charge in [0.1, 0.15) is 5.69 Å². The fourth-order valence-electron chi connectivity index (χ4n) is 2.42. The molecule has 4 nitrogen and oxygen atoms in total. The lowest BCUT2D eigenvalue weighted by Gasteiger charge is -2.40. The van der Waals surface area contributed by atoms with Gasteiger partial charge in [0.25, 0.3) is 5.91 Å². The molecular formula is C15H16N2O2. The molecule has 0 radical (unpaired) electrons. The van der Waals surface area contributed by atoms with Crippen LogP contribution >= 0.6 is 0 Å². The fourth-order valence-corrected chi connectivity index (χ4v) is 2.42. The van der Waals surface area contributed by atoms with Crippen molar-refractivity contribution in [1.29, 1.82) is 0 Å². The molecule has 1 aromatic heterocycles. The Hall–Kier alpha value is -1.94. The van der Waals surface area contributed by atoms with Gasteiger partial charge in [-0.3, -0.25) is 4.79 Å². The third-order valence-corrected chi connectivity index (χ3v) is 3.82. The standard InChI is InChI=1S/C15H16N2O2/c18-10-15(8-3-9-15)17-14(19)13-7-6-11-4-1-2-5-12(11)16-13/h1-2,4-7,18H,3,8-10H2,(H,17,19). The Kier molecular flexibility index (Phi) is 2.95. The van der Waals surface area contributed by atoms with Gasteiger partial charge in [-0.2, -0.15) is 0 Å². The molecule has 1 fully saturated rings. The van der Waals surface area contributed by atoms with Crippen molar-refractivity contribution in [3.05, 3.63) is 42.1 Å². The van der Waals surface area contributed by atoms with E-state index in [9.17, 15) is 9.90 Å². The van der Waals surface area contributed by atoms with Crippen LogP contribution in [-0.2, 0) is 0 Å². The smallest absolute Gasteiger partial charge is 0.270 e. The van der Waals surface area contributed by atoms with Crippen molar-refractivity contribution in [2.24, 2.45) is 0 Å². The minimum absolute atomic E-state index is 0.00762. The van der Waals surface area contributed by atoms with Gasteiger partial charge < -0.3 is 10.4 Å². The van der Waals surface area contributed by atoms with E-state index in [1.54, 1.807) is 6.07 Å². The Morgan fingerprint density at radius 1 is 1.26 bits per heavy atom. The molecule has 0 spiro atoms. The lowest BCUT2D eigenvalue weighted by atomic mass is 9.77. The second-order valence-corrected chi connectivity index (χ2v) is 5.14. The van der Waals surface area contributed by atoms with E-state index in [4.69, 9.17) is 0 Å². The summed E-state index contributed by atoms with van der Waals surface area (Å²) in [4.78, 5) is 16.5. The van der Waals surface area contributed by atoms with Crippen LogP contribution in [0.25, 0.3) is 10.9 Å². The van der Waals surface area contributed by atoms with Crippen molar-refractivity contribution in [2.75, 3.05) is 6.61 Å². The molecule has 3 rings (SSSR count). The molecule has 2 N–H and O–H groups in total. The monoisotopic (exact) mass is 256 g/mol. The Morgan fingerprint density at radius 2 is 2.05 bits per heavy atom. The van der Waals surface area contributed by atoms with Crippen molar-refractivity contribution < 1.29 is 9.90 Å². The lowest BCUT2D eigenvalue weighted by molar-refractivity contribution is 0.0638. The summed E-state index contributed by atoms with van der Waals surface area (Å²) in [6, 6.07) is 11.3. The fraction of sp³-hybridized carbons (Fsp3) is 0.333. The van der Waals surface area contributed by atoms with Crippen LogP contribution < -0.4 is 5.32 Å². The van der Waals surface area contributed by atoms with E-state index < -0.39 is 5.54 Å². The molecule has 0 atom stereocenters. The molecule has 1 heterocycles. The summed E-state index contributed by atoms with van der Waals surface area (Å²) in [5.74, 6) is -0.209. The number of pyridine rings is 1. The first-order chi connectivity index (χ1) is 9.22. The third kappa shape index (κ3) is 2.19. The first-order valence-corrected chi connectivity index (χ1v) is 6.52. The Bertz CT molecular complexity index is 615. The van der Waals surface area contributed by atoms with Crippen LogP contribution in [0.1, 0.15) is 29.8 Å². The molecule has 0 unspecified atom stereocenters. The topological polar surface area (TPSA) is 62.2 Å². The van der Waals surface area contributed by atoms with E-state index in [1.165, 1.54) is 0 Å². The highest BCUT2D eigenvalue weighted by molar-refractivity contribution is 5.95. The van der Waals surface area contributed by atoms with Crippen LogP contribution in [0.3, 0.4) is 0 Å². The second kappa shape index (κ2) is 4.63. The quantitative estimate of drug-likeness (QED) is 0.881. The first kappa shape index (κ1) is 12.1. The molecule has 4 heteroatoms. The number of nitrogens with one attached hydrogen (secondary N) is 1. The molecule has 1 aliphatic rings. The van der Waals surface area contributed by atoms with Crippen molar-refractivity contribution in [3.8, 4) is 0 Å². The number of para-hydroxylation sites is 1. The summed E-state index contributed by atoms with van der Waals surface area (Å²) in [6.07, 6.45) is 2.72. The number of carbonyl (C=O) groups is 1. The van der Waals surface area contributed by atoms with Crippen molar-refractivity contribution in [3.63, 3.8) is 0 Å². The molecule has 19 heavy (non-hydrogen) atoms. The average molecular weight is 256 g/mol. The van der Waals surface area contributed by atoms with Gasteiger partial charge in [-0.25, -0.2) is 4.98 Å². The maximum atomic E-state index is 12.2. The molecule has 0 bridgehead atoms. The molecule has 1 saturated carbocycles. The van der Waals surface area contributed by atoms with Crippen molar-refractivity contribution >= 4 is 16.8 Å². The summed E-state index contributed by atoms with van der Waals surface area (Å²) in [6.45, 7) is -0.00762. The lowest BCUT2D eigenvalue weighted by Crippen LogP contribution is -2.56. The zero-order valence-electron chi connectivity index (χ0n) is 10.6. The number of fused-ring (bicyclic) bond motifs is 1. The van der Waals surface area contributed by atoms with Gasteiger partial charge in [0, 0.05) is 5.39 Å². The Labute approximate surface area is 111 Å². The number of hydrogen-bond acceptors (Lipinski definition) is 3. The zero-order valence-corrected chi connectivity index (χ0v) is 10.6. The maximum Gasteiger partial charge on any atom is 0.270 e. The van der Waals surface area contributed by atoms with Crippen LogP contribution in [0.2, 0.25) is 0 Å². The van der Waals surface area contributed by atoms with E-state index in [0.29, 0.717) is 5.69 Å². The minimum Gasteiger partial charge on any atom is -0.394 e. The summed E-state index contributed by atoms with van der Waals surface area (Å²) >= 11 is 0. The van der Waals surface area contributed by atoms with E-state index in [1.807, 2.05) is 30.3 Å². The molecule has 1 aliphatic carbocycles. The Morgan fingerprint density at radius 3 is 2.74 bits per heavy atom. The number of aromatic nitrogens is 1. The number of hydrogen-bond donors (Lipinski definition) is 2. The van der Waals surface area contributed by atoms with E-state index in [-0.39, 0.29) is 12.5 Å². The highest BCUT2D eigenvalue weighted by Gasteiger charge is 2.38. The Balaban J connectivity index is 1.85. The minimum atomic E-state index is -0.426. The molecule has 1 aromatic carbocycles. The molecule has 0 saturated heterocycles. The maximum absolute atomic E-state index is 12.2. The van der Waals surface area contributed by atoms with Gasteiger partial charge in [-0.1, -0.05) is 24.3 Å².